The molecule has 196 valence electrons. The molecule has 3 aromatic heterocycles. The zero-order valence-corrected chi connectivity index (χ0v) is 21.2. The van der Waals surface area contributed by atoms with Gasteiger partial charge >= 0.3 is 0 Å². The summed E-state index contributed by atoms with van der Waals surface area (Å²) in [6.45, 7) is 6.66. The van der Waals surface area contributed by atoms with Crippen molar-refractivity contribution in [2.45, 2.75) is 32.4 Å². The van der Waals surface area contributed by atoms with Crippen LogP contribution < -0.4 is 15.9 Å². The summed E-state index contributed by atoms with van der Waals surface area (Å²) in [5.74, 6) is -1.07. The number of methoxy groups -OCH3 is 1. The maximum absolute atomic E-state index is 14.9. The van der Waals surface area contributed by atoms with E-state index in [-0.39, 0.29) is 17.4 Å². The molecule has 0 radical (unpaired) electrons. The Morgan fingerprint density at radius 1 is 1.22 bits per heavy atom. The predicted octanol–water partition coefficient (Wildman–Crippen LogP) is 1.71. The smallest absolute Gasteiger partial charge is 0.284 e. The van der Waals surface area contributed by atoms with Crippen LogP contribution in [0.4, 0.5) is 10.1 Å². The van der Waals surface area contributed by atoms with Crippen LogP contribution in [-0.2, 0) is 17.7 Å². The minimum absolute atomic E-state index is 0.0497. The number of piperazine rings is 1. The molecule has 1 amide bonds. The third-order valence-electron chi connectivity index (χ3n) is 7.13. The number of anilines is 1. The van der Waals surface area contributed by atoms with E-state index in [1.165, 1.54) is 0 Å². The van der Waals surface area contributed by atoms with Crippen LogP contribution in [0.2, 0.25) is 0 Å². The highest BCUT2D eigenvalue weighted by Crippen LogP contribution is 2.21. The van der Waals surface area contributed by atoms with Crippen LogP contribution in [-0.4, -0.2) is 83.3 Å². The fourth-order valence-electron chi connectivity index (χ4n) is 4.93. The van der Waals surface area contributed by atoms with Gasteiger partial charge in [-0.15, -0.1) is 0 Å². The predicted molar refractivity (Wildman–Crippen MR) is 138 cm³/mol. The van der Waals surface area contributed by atoms with Crippen LogP contribution in [0.5, 0.6) is 0 Å². The fraction of sp³-hybridized carbons (Fsp3) is 0.462. The molecule has 0 bridgehead atoms. The molecule has 2 fully saturated rings. The number of hydrazine groups is 1. The number of fused-ring (bicyclic) bond motifs is 1. The summed E-state index contributed by atoms with van der Waals surface area (Å²) >= 11 is 0. The van der Waals surface area contributed by atoms with Gasteiger partial charge in [-0.1, -0.05) is 6.92 Å². The Hall–Kier alpha value is -3.41. The number of nitrogens with one attached hydrogen (secondary N) is 2. The molecule has 1 unspecified atom stereocenters. The van der Waals surface area contributed by atoms with Crippen LogP contribution in [0.3, 0.4) is 0 Å². The van der Waals surface area contributed by atoms with E-state index in [2.05, 4.69) is 25.3 Å². The number of amides is 1. The van der Waals surface area contributed by atoms with Gasteiger partial charge in [-0.05, 0) is 42.7 Å². The van der Waals surface area contributed by atoms with Crippen LogP contribution in [0, 0.1) is 5.95 Å². The molecule has 0 aliphatic carbocycles. The first-order chi connectivity index (χ1) is 17.9. The minimum Gasteiger partial charge on any atom is -0.380 e. The van der Waals surface area contributed by atoms with Gasteiger partial charge in [0.1, 0.15) is 5.69 Å². The number of ether oxygens (including phenoxy) is 1. The Balaban J connectivity index is 1.17. The van der Waals surface area contributed by atoms with Gasteiger partial charge in [0, 0.05) is 64.7 Å². The second-order valence-electron chi connectivity index (χ2n) is 9.56. The number of rotatable bonds is 7. The molecule has 2 N–H and O–H groups in total. The highest BCUT2D eigenvalue weighted by Gasteiger charge is 2.25. The summed E-state index contributed by atoms with van der Waals surface area (Å²) in [5, 5.41) is 1.77. The number of carbonyl (C=O) groups is 1. The van der Waals surface area contributed by atoms with E-state index in [9.17, 15) is 14.0 Å². The lowest BCUT2D eigenvalue weighted by atomic mass is 10.1. The number of halogens is 1. The van der Waals surface area contributed by atoms with E-state index in [1.807, 2.05) is 30.2 Å². The fourth-order valence-corrected chi connectivity index (χ4v) is 4.93. The van der Waals surface area contributed by atoms with Gasteiger partial charge in [-0.3, -0.25) is 24.9 Å². The summed E-state index contributed by atoms with van der Waals surface area (Å²) in [7, 11) is 1.65. The molecule has 1 atom stereocenters. The van der Waals surface area contributed by atoms with Gasteiger partial charge in [0.15, 0.2) is 0 Å². The SMILES string of the molecule is CCc1cc2ncc(CN3CCN(c4ccc(C(=O)NN5CCC(OC)C5)nc4F)CC3)cc2[nH]c1=O. The van der Waals surface area contributed by atoms with E-state index in [0.29, 0.717) is 44.8 Å². The zero-order chi connectivity index (χ0) is 25.9. The van der Waals surface area contributed by atoms with Gasteiger partial charge in [0.05, 0.1) is 22.8 Å². The van der Waals surface area contributed by atoms with Crippen molar-refractivity contribution in [3.05, 3.63) is 63.6 Å². The normalized spacial score (nSPS) is 19.0. The lowest BCUT2D eigenvalue weighted by molar-refractivity contribution is 0.0745. The number of hydrogen-bond acceptors (Lipinski definition) is 8. The first kappa shape index (κ1) is 25.2. The first-order valence-electron chi connectivity index (χ1n) is 12.7. The van der Waals surface area contributed by atoms with Crippen molar-refractivity contribution >= 4 is 22.6 Å². The lowest BCUT2D eigenvalue weighted by Gasteiger charge is -2.36. The van der Waals surface area contributed by atoms with Gasteiger partial charge < -0.3 is 14.6 Å². The second kappa shape index (κ2) is 10.9. The van der Waals surface area contributed by atoms with Crippen molar-refractivity contribution < 1.29 is 13.9 Å². The topological polar surface area (TPSA) is 107 Å². The third kappa shape index (κ3) is 5.63. The van der Waals surface area contributed by atoms with Gasteiger partial charge in [0.25, 0.3) is 11.5 Å². The monoisotopic (exact) mass is 509 g/mol. The third-order valence-corrected chi connectivity index (χ3v) is 7.13. The molecule has 5 heterocycles. The van der Waals surface area contributed by atoms with Crippen molar-refractivity contribution in [3.63, 3.8) is 0 Å². The summed E-state index contributed by atoms with van der Waals surface area (Å²) in [4.78, 5) is 40.3. The molecule has 5 rings (SSSR count). The summed E-state index contributed by atoms with van der Waals surface area (Å²) in [5.41, 5.74) is 6.41. The standard InChI is InChI=1S/C26H32FN7O3/c1-3-18-13-21-22(30-25(18)35)12-17(14-28-21)15-32-8-10-33(11-9-32)23-5-4-20(29-24(23)27)26(36)31-34-7-6-19(16-34)37-2/h4-5,12-14,19H,3,6-11,15-16H2,1-2H3,(H,30,35)(H,31,36). The van der Waals surface area contributed by atoms with E-state index >= 15 is 0 Å². The van der Waals surface area contributed by atoms with Gasteiger partial charge in [-0.25, -0.2) is 9.99 Å². The van der Waals surface area contributed by atoms with E-state index < -0.39 is 11.9 Å². The minimum atomic E-state index is -0.647. The van der Waals surface area contributed by atoms with Crippen LogP contribution in [0.15, 0.2) is 35.3 Å². The second-order valence-corrected chi connectivity index (χ2v) is 9.56. The molecule has 2 aliphatic heterocycles. The molecule has 37 heavy (non-hydrogen) atoms. The Morgan fingerprint density at radius 2 is 2.03 bits per heavy atom. The number of hydrogen-bond donors (Lipinski definition) is 2. The molecule has 0 aromatic carbocycles. The van der Waals surface area contributed by atoms with Gasteiger partial charge in [0.2, 0.25) is 5.95 Å². The summed E-state index contributed by atoms with van der Waals surface area (Å²) < 4.78 is 20.2. The van der Waals surface area contributed by atoms with Crippen molar-refractivity contribution in [1.82, 2.24) is 30.3 Å². The number of aromatic amines is 1. The number of carbonyl (C=O) groups excluding carboxylic acids is 1. The van der Waals surface area contributed by atoms with E-state index in [1.54, 1.807) is 24.3 Å². The molecule has 0 spiro atoms. The molecule has 2 aliphatic rings. The zero-order valence-electron chi connectivity index (χ0n) is 21.2. The molecule has 11 heteroatoms. The highest BCUT2D eigenvalue weighted by atomic mass is 19.1. The maximum Gasteiger partial charge on any atom is 0.284 e. The largest absolute Gasteiger partial charge is 0.380 e. The van der Waals surface area contributed by atoms with Crippen LogP contribution in [0.25, 0.3) is 11.0 Å². The van der Waals surface area contributed by atoms with Crippen LogP contribution in [0.1, 0.15) is 35.0 Å². The number of nitrogens with zero attached hydrogens (tertiary/aromatic N) is 5. The molecule has 2 saturated heterocycles. The van der Waals surface area contributed by atoms with Crippen molar-refractivity contribution in [3.8, 4) is 0 Å². The van der Waals surface area contributed by atoms with E-state index in [4.69, 9.17) is 4.74 Å². The van der Waals surface area contributed by atoms with Gasteiger partial charge in [-0.2, -0.15) is 4.39 Å². The molecule has 10 nitrogen and oxygen atoms in total. The van der Waals surface area contributed by atoms with Crippen molar-refractivity contribution in [1.29, 1.82) is 0 Å². The Kier molecular flexibility index (Phi) is 7.45. The molecule has 3 aromatic rings. The first-order valence-corrected chi connectivity index (χ1v) is 12.7. The Bertz CT molecular complexity index is 1340. The van der Waals surface area contributed by atoms with Crippen molar-refractivity contribution in [2.75, 3.05) is 51.3 Å². The number of aryl methyl sites for hydroxylation is 1. The average Bonchev–Trinajstić information content (AvgIpc) is 3.36. The number of aromatic nitrogens is 3. The molecular weight excluding hydrogens is 477 g/mol. The summed E-state index contributed by atoms with van der Waals surface area (Å²) in [6, 6.07) is 7.01. The quantitative estimate of drug-likeness (QED) is 0.464. The molecule has 0 saturated carbocycles. The van der Waals surface area contributed by atoms with Crippen LogP contribution >= 0.6 is 0 Å². The number of pyridine rings is 3. The van der Waals surface area contributed by atoms with E-state index in [0.717, 1.165) is 41.7 Å². The molecular formula is C26H32FN7O3. The Labute approximate surface area is 214 Å². The maximum atomic E-state index is 14.9. The number of H-pyrrole nitrogens is 1. The van der Waals surface area contributed by atoms with Crippen molar-refractivity contribution in [2.24, 2.45) is 0 Å². The highest BCUT2D eigenvalue weighted by molar-refractivity contribution is 5.92. The average molecular weight is 510 g/mol. The summed E-state index contributed by atoms with van der Waals surface area (Å²) in [6.07, 6.45) is 3.43. The Morgan fingerprint density at radius 3 is 2.73 bits per heavy atom. The lowest BCUT2D eigenvalue weighted by Crippen LogP contribution is -2.46.